The molecule has 24 heavy (non-hydrogen) atoms. The number of hydrogen-bond donors (Lipinski definition) is 1. The number of carbonyl (C=O) groups is 1. The summed E-state index contributed by atoms with van der Waals surface area (Å²) in [5, 5.41) is 4.77. The molecule has 0 aliphatic carbocycles. The maximum absolute atomic E-state index is 11.8. The molecule has 0 atom stereocenters. The molecule has 2 aromatic carbocycles. The minimum atomic E-state index is 0.0520. The lowest BCUT2D eigenvalue weighted by molar-refractivity contribution is -0.118. The molecular formula is C18H18Cl3NOS. The molecule has 0 saturated carbocycles. The summed E-state index contributed by atoms with van der Waals surface area (Å²) in [6, 6.07) is 13.3. The van der Waals surface area contributed by atoms with Crippen LogP contribution in [0, 0.1) is 0 Å². The molecule has 0 aromatic heterocycles. The molecule has 0 radical (unpaired) electrons. The van der Waals surface area contributed by atoms with E-state index in [9.17, 15) is 4.79 Å². The quantitative estimate of drug-likeness (QED) is 0.580. The summed E-state index contributed by atoms with van der Waals surface area (Å²) in [4.78, 5) is 11.8. The van der Waals surface area contributed by atoms with E-state index in [1.165, 1.54) is 5.56 Å². The van der Waals surface area contributed by atoms with Crippen molar-refractivity contribution < 1.29 is 4.79 Å². The van der Waals surface area contributed by atoms with Crippen LogP contribution in [0.2, 0.25) is 15.1 Å². The van der Waals surface area contributed by atoms with Crippen molar-refractivity contribution in [2.24, 2.45) is 0 Å². The first-order chi connectivity index (χ1) is 11.5. The zero-order chi connectivity index (χ0) is 17.4. The van der Waals surface area contributed by atoms with Crippen molar-refractivity contribution in [1.29, 1.82) is 0 Å². The zero-order valence-electron chi connectivity index (χ0n) is 13.0. The Morgan fingerprint density at radius 1 is 0.958 bits per heavy atom. The summed E-state index contributed by atoms with van der Waals surface area (Å²) in [6.45, 7) is 0.675. The van der Waals surface area contributed by atoms with Gasteiger partial charge in [0, 0.05) is 17.3 Å². The van der Waals surface area contributed by atoms with E-state index >= 15 is 0 Å². The van der Waals surface area contributed by atoms with Gasteiger partial charge >= 0.3 is 0 Å². The van der Waals surface area contributed by atoms with E-state index in [0.29, 0.717) is 22.3 Å². The number of amides is 1. The van der Waals surface area contributed by atoms with Gasteiger partial charge in [-0.2, -0.15) is 0 Å². The Hall–Kier alpha value is -0.870. The molecule has 0 heterocycles. The molecule has 2 rings (SSSR count). The van der Waals surface area contributed by atoms with Crippen LogP contribution in [0.4, 0.5) is 0 Å². The molecule has 0 saturated heterocycles. The highest BCUT2D eigenvalue weighted by molar-refractivity contribution is 7.99. The summed E-state index contributed by atoms with van der Waals surface area (Å²) in [5.41, 5.74) is 2.28. The fourth-order valence-corrected chi connectivity index (χ4v) is 3.36. The Kier molecular flexibility index (Phi) is 8.26. The summed E-state index contributed by atoms with van der Waals surface area (Å²) in [7, 11) is 0. The second-order valence-corrected chi connectivity index (χ2v) is 7.56. The lowest BCUT2D eigenvalue weighted by atomic mass is 10.1. The monoisotopic (exact) mass is 401 g/mol. The van der Waals surface area contributed by atoms with Gasteiger partial charge in [0.05, 0.1) is 15.8 Å². The van der Waals surface area contributed by atoms with Crippen molar-refractivity contribution in [1.82, 2.24) is 5.32 Å². The van der Waals surface area contributed by atoms with E-state index in [1.807, 2.05) is 36.4 Å². The first-order valence-electron chi connectivity index (χ1n) is 7.57. The largest absolute Gasteiger partial charge is 0.355 e. The van der Waals surface area contributed by atoms with Crippen molar-refractivity contribution in [2.75, 3.05) is 12.3 Å². The molecule has 0 aliphatic heterocycles. The van der Waals surface area contributed by atoms with Gasteiger partial charge in [-0.1, -0.05) is 53.0 Å². The molecular weight excluding hydrogens is 385 g/mol. The number of thioether (sulfide) groups is 1. The summed E-state index contributed by atoms with van der Waals surface area (Å²) in [6.07, 6.45) is 1.83. The topological polar surface area (TPSA) is 29.1 Å². The molecule has 0 aliphatic rings. The van der Waals surface area contributed by atoms with E-state index in [0.717, 1.165) is 29.2 Å². The van der Waals surface area contributed by atoms with E-state index in [1.54, 1.807) is 17.8 Å². The van der Waals surface area contributed by atoms with Crippen molar-refractivity contribution in [3.05, 3.63) is 68.7 Å². The Morgan fingerprint density at radius 3 is 2.38 bits per heavy atom. The van der Waals surface area contributed by atoms with Crippen LogP contribution in [-0.2, 0) is 17.0 Å². The Morgan fingerprint density at radius 2 is 1.67 bits per heavy atom. The molecule has 1 amide bonds. The van der Waals surface area contributed by atoms with Crippen LogP contribution >= 0.6 is 46.6 Å². The lowest BCUT2D eigenvalue weighted by Gasteiger charge is -2.06. The normalized spacial score (nSPS) is 10.6. The van der Waals surface area contributed by atoms with Gasteiger partial charge in [-0.15, -0.1) is 11.8 Å². The van der Waals surface area contributed by atoms with E-state index in [-0.39, 0.29) is 5.91 Å². The Bertz CT molecular complexity index is 676. The standard InChI is InChI=1S/C18H18Cl3NOS/c19-15-6-3-13(4-7-15)2-1-9-22-18(23)12-24-11-14-5-8-16(20)17(21)10-14/h3-8,10H,1-2,9,11-12H2,(H,22,23). The fraction of sp³-hybridized carbons (Fsp3) is 0.278. The Balaban J connectivity index is 1.59. The number of hydrogen-bond acceptors (Lipinski definition) is 2. The number of rotatable bonds is 8. The molecule has 0 unspecified atom stereocenters. The van der Waals surface area contributed by atoms with Crippen LogP contribution in [0.5, 0.6) is 0 Å². The highest BCUT2D eigenvalue weighted by Crippen LogP contribution is 2.24. The van der Waals surface area contributed by atoms with Crippen LogP contribution in [0.3, 0.4) is 0 Å². The molecule has 0 spiro atoms. The van der Waals surface area contributed by atoms with E-state index in [4.69, 9.17) is 34.8 Å². The van der Waals surface area contributed by atoms with E-state index in [2.05, 4.69) is 5.32 Å². The van der Waals surface area contributed by atoms with Gasteiger partial charge in [-0.3, -0.25) is 4.79 Å². The highest BCUT2D eigenvalue weighted by atomic mass is 35.5. The maximum Gasteiger partial charge on any atom is 0.230 e. The van der Waals surface area contributed by atoms with Crippen molar-refractivity contribution >= 4 is 52.5 Å². The third kappa shape index (κ3) is 6.94. The van der Waals surface area contributed by atoms with Crippen LogP contribution < -0.4 is 5.32 Å². The van der Waals surface area contributed by atoms with Gasteiger partial charge in [-0.05, 0) is 48.2 Å². The van der Waals surface area contributed by atoms with Gasteiger partial charge in [-0.25, -0.2) is 0 Å². The van der Waals surface area contributed by atoms with Crippen LogP contribution in [-0.4, -0.2) is 18.2 Å². The smallest absolute Gasteiger partial charge is 0.230 e. The first kappa shape index (κ1) is 19.5. The molecule has 0 bridgehead atoms. The van der Waals surface area contributed by atoms with Crippen molar-refractivity contribution in [3.63, 3.8) is 0 Å². The van der Waals surface area contributed by atoms with Gasteiger partial charge < -0.3 is 5.32 Å². The second-order valence-electron chi connectivity index (χ2n) is 5.32. The Labute approximate surface area is 161 Å². The molecule has 128 valence electrons. The number of aryl methyl sites for hydroxylation is 1. The molecule has 1 N–H and O–H groups in total. The average Bonchev–Trinajstić information content (AvgIpc) is 2.56. The predicted octanol–water partition coefficient (Wildman–Crippen LogP) is 5.63. The number of nitrogens with one attached hydrogen (secondary N) is 1. The summed E-state index contributed by atoms with van der Waals surface area (Å²) >= 11 is 19.3. The van der Waals surface area contributed by atoms with Crippen molar-refractivity contribution in [3.8, 4) is 0 Å². The van der Waals surface area contributed by atoms with Gasteiger partial charge in [0.25, 0.3) is 0 Å². The number of benzene rings is 2. The zero-order valence-corrected chi connectivity index (χ0v) is 16.1. The lowest BCUT2D eigenvalue weighted by Crippen LogP contribution is -2.26. The average molecular weight is 403 g/mol. The third-order valence-electron chi connectivity index (χ3n) is 3.36. The van der Waals surface area contributed by atoms with Gasteiger partial charge in [0.15, 0.2) is 0 Å². The third-order valence-corrected chi connectivity index (χ3v) is 5.36. The number of halogens is 3. The second kappa shape index (κ2) is 10.2. The minimum Gasteiger partial charge on any atom is -0.355 e. The molecule has 0 fully saturated rings. The highest BCUT2D eigenvalue weighted by Gasteiger charge is 2.04. The minimum absolute atomic E-state index is 0.0520. The molecule has 2 aromatic rings. The molecule has 6 heteroatoms. The summed E-state index contributed by atoms with van der Waals surface area (Å²) < 4.78 is 0. The predicted molar refractivity (Wildman–Crippen MR) is 105 cm³/mol. The van der Waals surface area contributed by atoms with Gasteiger partial charge in [0.1, 0.15) is 0 Å². The first-order valence-corrected chi connectivity index (χ1v) is 9.86. The fourth-order valence-electron chi connectivity index (χ4n) is 2.11. The van der Waals surface area contributed by atoms with Crippen LogP contribution in [0.15, 0.2) is 42.5 Å². The number of carbonyl (C=O) groups excluding carboxylic acids is 1. The van der Waals surface area contributed by atoms with Crippen LogP contribution in [0.25, 0.3) is 0 Å². The van der Waals surface area contributed by atoms with Crippen LogP contribution in [0.1, 0.15) is 17.5 Å². The van der Waals surface area contributed by atoms with E-state index < -0.39 is 0 Å². The maximum atomic E-state index is 11.8. The van der Waals surface area contributed by atoms with Gasteiger partial charge in [0.2, 0.25) is 5.91 Å². The summed E-state index contributed by atoms with van der Waals surface area (Å²) in [5.74, 6) is 1.21. The van der Waals surface area contributed by atoms with Crippen molar-refractivity contribution in [2.45, 2.75) is 18.6 Å². The molecule has 2 nitrogen and oxygen atoms in total. The SMILES string of the molecule is O=C(CSCc1ccc(Cl)c(Cl)c1)NCCCc1ccc(Cl)cc1.